The van der Waals surface area contributed by atoms with Gasteiger partial charge in [0.25, 0.3) is 0 Å². The molecule has 5 unspecified atom stereocenters. The molecule has 2 aromatic carbocycles. The van der Waals surface area contributed by atoms with E-state index in [4.69, 9.17) is 0 Å². The Bertz CT molecular complexity index is 932. The summed E-state index contributed by atoms with van der Waals surface area (Å²) in [5.41, 5.74) is 1.42. The number of nitrogens with zero attached hydrogens (tertiary/aromatic N) is 1. The second-order valence-corrected chi connectivity index (χ2v) is 8.87. The minimum absolute atomic E-state index is 0.000371. The molecule has 0 bridgehead atoms. The van der Waals surface area contributed by atoms with E-state index in [1.165, 1.54) is 18.2 Å². The molecule has 2 aliphatic carbocycles. The zero-order chi connectivity index (χ0) is 20.1. The lowest BCUT2D eigenvalue weighted by molar-refractivity contribution is -0.131. The third kappa shape index (κ3) is 3.26. The molecule has 0 spiro atoms. The molecule has 1 saturated heterocycles. The van der Waals surface area contributed by atoms with Gasteiger partial charge in [0.2, 0.25) is 5.91 Å². The smallest absolute Gasteiger partial charge is 0.226 e. The summed E-state index contributed by atoms with van der Waals surface area (Å²) in [5, 5.41) is 0. The Hall–Kier alpha value is -1.92. The molecule has 2 aromatic rings. The topological polar surface area (TPSA) is 32.3 Å². The summed E-state index contributed by atoms with van der Waals surface area (Å²) in [6, 6.07) is 11.6. The number of carbonyl (C=O) groups is 1. The molecule has 5 atom stereocenters. The fourth-order valence-electron chi connectivity index (χ4n) is 5.45. The second kappa shape index (κ2) is 7.40. The van der Waals surface area contributed by atoms with Crippen LogP contribution < -0.4 is 4.72 Å². The molecule has 3 nitrogen and oxygen atoms in total. The Morgan fingerprint density at radius 1 is 1.03 bits per heavy atom. The first-order valence-corrected chi connectivity index (χ1v) is 10.7. The lowest BCUT2D eigenvalue weighted by Crippen LogP contribution is -2.34. The Balaban J connectivity index is 1.36. The van der Waals surface area contributed by atoms with Crippen LogP contribution in [0.5, 0.6) is 0 Å². The maximum absolute atomic E-state index is 14.4. The molecule has 3 fully saturated rings. The van der Waals surface area contributed by atoms with Gasteiger partial charge < -0.3 is 4.90 Å². The van der Waals surface area contributed by atoms with E-state index < -0.39 is 11.6 Å². The van der Waals surface area contributed by atoms with Crippen molar-refractivity contribution in [2.75, 3.05) is 13.1 Å². The van der Waals surface area contributed by atoms with Gasteiger partial charge in [-0.15, -0.1) is 0 Å². The summed E-state index contributed by atoms with van der Waals surface area (Å²) >= 11 is 4.24. The van der Waals surface area contributed by atoms with Gasteiger partial charge in [-0.1, -0.05) is 43.1 Å². The van der Waals surface area contributed by atoms with E-state index >= 15 is 0 Å². The highest BCUT2D eigenvalue weighted by molar-refractivity contribution is 7.78. The third-order valence-corrected chi connectivity index (χ3v) is 7.37. The highest BCUT2D eigenvalue weighted by Crippen LogP contribution is 2.52. The summed E-state index contributed by atoms with van der Waals surface area (Å²) in [7, 11) is 0. The van der Waals surface area contributed by atoms with Gasteiger partial charge in [0.05, 0.1) is 5.56 Å². The van der Waals surface area contributed by atoms with Gasteiger partial charge in [-0.3, -0.25) is 9.52 Å². The van der Waals surface area contributed by atoms with Gasteiger partial charge in [-0.25, -0.2) is 8.78 Å². The molecule has 5 rings (SSSR count). The van der Waals surface area contributed by atoms with Gasteiger partial charge in [0.15, 0.2) is 0 Å². The number of carbonyl (C=O) groups excluding carboxylic acids is 1. The van der Waals surface area contributed by atoms with Gasteiger partial charge in [0.1, 0.15) is 11.6 Å². The van der Waals surface area contributed by atoms with Crippen molar-refractivity contribution >= 4 is 18.7 Å². The van der Waals surface area contributed by atoms with Gasteiger partial charge in [0, 0.05) is 25.0 Å². The molecule has 0 aromatic heterocycles. The molecule has 3 aliphatic rings. The van der Waals surface area contributed by atoms with E-state index in [-0.39, 0.29) is 23.3 Å². The number of rotatable bonds is 4. The standard InChI is InChI=1S/C23H24F2N2OS/c24-19-6-3-7-20(25)22(19)15-5-2-1-4-14(15)16-10-17(16)23(28)27-11-13-8-9-21(26-29)18(13)12-27/h1-7,13,16-18,21,26,29H,8-12H2. The van der Waals surface area contributed by atoms with Crippen LogP contribution in [0.3, 0.4) is 0 Å². The highest BCUT2D eigenvalue weighted by atomic mass is 32.1. The van der Waals surface area contributed by atoms with E-state index in [0.29, 0.717) is 23.4 Å². The van der Waals surface area contributed by atoms with Crippen LogP contribution >= 0.6 is 12.8 Å². The minimum atomic E-state index is -0.571. The summed E-state index contributed by atoms with van der Waals surface area (Å²) < 4.78 is 31.8. The highest BCUT2D eigenvalue weighted by Gasteiger charge is 2.50. The normalized spacial score (nSPS) is 30.4. The Kier molecular flexibility index (Phi) is 4.87. The maximum Gasteiger partial charge on any atom is 0.226 e. The van der Waals surface area contributed by atoms with Crippen LogP contribution in [0.1, 0.15) is 30.7 Å². The molecule has 6 heteroatoms. The molecule has 1 N–H and O–H groups in total. The quantitative estimate of drug-likeness (QED) is 0.727. The Labute approximate surface area is 175 Å². The minimum Gasteiger partial charge on any atom is -0.342 e. The lowest BCUT2D eigenvalue weighted by Gasteiger charge is -2.20. The van der Waals surface area contributed by atoms with Crippen molar-refractivity contribution in [3.05, 3.63) is 59.7 Å². The zero-order valence-electron chi connectivity index (χ0n) is 16.0. The number of hydrogen-bond acceptors (Lipinski definition) is 3. The first-order valence-electron chi connectivity index (χ1n) is 10.3. The van der Waals surface area contributed by atoms with Crippen LogP contribution in [0.2, 0.25) is 0 Å². The molecule has 0 radical (unpaired) electrons. The number of halogens is 2. The van der Waals surface area contributed by atoms with Crippen molar-refractivity contribution in [3.63, 3.8) is 0 Å². The summed E-state index contributed by atoms with van der Waals surface area (Å²) in [4.78, 5) is 15.1. The van der Waals surface area contributed by atoms with E-state index in [0.717, 1.165) is 37.9 Å². The third-order valence-electron chi connectivity index (χ3n) is 7.03. The van der Waals surface area contributed by atoms with E-state index in [1.807, 2.05) is 17.0 Å². The van der Waals surface area contributed by atoms with Crippen LogP contribution in [0.25, 0.3) is 11.1 Å². The molecular formula is C23H24F2N2OS. The second-order valence-electron chi connectivity index (χ2n) is 8.61. The predicted octanol–water partition coefficient (Wildman–Crippen LogP) is 4.41. The van der Waals surface area contributed by atoms with Crippen molar-refractivity contribution in [3.8, 4) is 11.1 Å². The average molecular weight is 415 g/mol. The summed E-state index contributed by atoms with van der Waals surface area (Å²) in [5.74, 6) is 0.0154. The molecule has 2 saturated carbocycles. The molecule has 152 valence electrons. The number of thiol groups is 1. The van der Waals surface area contributed by atoms with Crippen molar-refractivity contribution < 1.29 is 13.6 Å². The van der Waals surface area contributed by atoms with Gasteiger partial charge in [-0.2, -0.15) is 0 Å². The Morgan fingerprint density at radius 3 is 2.55 bits per heavy atom. The first-order chi connectivity index (χ1) is 14.1. The number of hydrogen-bond donors (Lipinski definition) is 2. The van der Waals surface area contributed by atoms with Crippen molar-refractivity contribution in [2.24, 2.45) is 17.8 Å². The maximum atomic E-state index is 14.4. The van der Waals surface area contributed by atoms with Gasteiger partial charge in [-0.05, 0) is 60.3 Å². The van der Waals surface area contributed by atoms with Crippen LogP contribution in [-0.4, -0.2) is 29.9 Å². The van der Waals surface area contributed by atoms with E-state index in [1.54, 1.807) is 12.1 Å². The molecule has 1 aliphatic heterocycles. The van der Waals surface area contributed by atoms with Crippen molar-refractivity contribution in [2.45, 2.75) is 31.2 Å². The number of fused-ring (bicyclic) bond motifs is 1. The monoisotopic (exact) mass is 414 g/mol. The number of benzene rings is 2. The van der Waals surface area contributed by atoms with Crippen LogP contribution in [0.15, 0.2) is 42.5 Å². The molecule has 1 heterocycles. The summed E-state index contributed by atoms with van der Waals surface area (Å²) in [6.07, 6.45) is 3.00. The average Bonchev–Trinajstić information content (AvgIpc) is 3.25. The molecule has 1 amide bonds. The zero-order valence-corrected chi connectivity index (χ0v) is 16.9. The molecular weight excluding hydrogens is 390 g/mol. The van der Waals surface area contributed by atoms with Crippen LogP contribution in [-0.2, 0) is 4.79 Å². The molecule has 29 heavy (non-hydrogen) atoms. The lowest BCUT2D eigenvalue weighted by atomic mass is 9.95. The first kappa shape index (κ1) is 19.1. The predicted molar refractivity (Wildman–Crippen MR) is 111 cm³/mol. The fraction of sp³-hybridized carbons (Fsp3) is 0.435. The fourth-order valence-corrected chi connectivity index (χ4v) is 5.78. The summed E-state index contributed by atoms with van der Waals surface area (Å²) in [6.45, 7) is 1.61. The number of nitrogens with one attached hydrogen (secondary N) is 1. The number of likely N-dealkylation sites (tertiary alicyclic amines) is 1. The van der Waals surface area contributed by atoms with E-state index in [9.17, 15) is 13.6 Å². The Morgan fingerprint density at radius 2 is 1.79 bits per heavy atom. The van der Waals surface area contributed by atoms with Crippen molar-refractivity contribution in [1.29, 1.82) is 0 Å². The van der Waals surface area contributed by atoms with Crippen LogP contribution in [0.4, 0.5) is 8.78 Å². The van der Waals surface area contributed by atoms with Crippen LogP contribution in [0, 0.1) is 29.4 Å². The largest absolute Gasteiger partial charge is 0.342 e. The van der Waals surface area contributed by atoms with Crippen molar-refractivity contribution in [1.82, 2.24) is 9.62 Å². The SMILES string of the molecule is O=C(C1CC1c1ccccc1-c1c(F)cccc1F)N1CC2CCC(NS)C2C1. The van der Waals surface area contributed by atoms with E-state index in [2.05, 4.69) is 17.5 Å². The number of amides is 1. The van der Waals surface area contributed by atoms with Gasteiger partial charge >= 0.3 is 0 Å².